The van der Waals surface area contributed by atoms with Crippen LogP contribution in [0, 0.1) is 0 Å². The van der Waals surface area contributed by atoms with E-state index >= 15 is 0 Å². The molecule has 0 radical (unpaired) electrons. The van der Waals surface area contributed by atoms with Gasteiger partial charge in [0.1, 0.15) is 11.2 Å². The van der Waals surface area contributed by atoms with Crippen molar-refractivity contribution >= 4 is 71.3 Å². The van der Waals surface area contributed by atoms with E-state index in [0.29, 0.717) is 0 Å². The third kappa shape index (κ3) is 5.42. The molecule has 2 heteroatoms. The Bertz CT molecular complexity index is 3220. The molecular formula is C54H35NO. The molecule has 0 fully saturated rings. The average molecular weight is 714 g/mol. The van der Waals surface area contributed by atoms with Crippen molar-refractivity contribution in [3.63, 3.8) is 0 Å². The SMILES string of the molecule is c1ccc2c(-c3ccc(N(c4ccc(-c5ccc(-c6ccc7oc8ccccc8c7c6)cc5)cc4)c4cc5ccccc5c5ccccc45)cc3)cccc2c1. The molecule has 11 aromatic rings. The lowest BCUT2D eigenvalue weighted by Gasteiger charge is -2.28. The van der Waals surface area contributed by atoms with E-state index in [4.69, 9.17) is 4.42 Å². The molecular weight excluding hydrogens is 679 g/mol. The number of anilines is 3. The van der Waals surface area contributed by atoms with Gasteiger partial charge in [0, 0.05) is 27.5 Å². The highest BCUT2D eigenvalue weighted by Gasteiger charge is 2.18. The number of fused-ring (bicyclic) bond motifs is 7. The molecule has 1 aromatic heterocycles. The lowest BCUT2D eigenvalue weighted by Crippen LogP contribution is -2.10. The molecule has 0 aliphatic carbocycles. The van der Waals surface area contributed by atoms with Gasteiger partial charge >= 0.3 is 0 Å². The molecule has 2 nitrogen and oxygen atoms in total. The lowest BCUT2D eigenvalue weighted by molar-refractivity contribution is 0.669. The van der Waals surface area contributed by atoms with E-state index in [9.17, 15) is 0 Å². The molecule has 10 aromatic carbocycles. The molecule has 262 valence electrons. The van der Waals surface area contributed by atoms with E-state index in [0.717, 1.165) is 39.0 Å². The highest BCUT2D eigenvalue weighted by Crippen LogP contribution is 2.43. The van der Waals surface area contributed by atoms with Gasteiger partial charge in [-0.2, -0.15) is 0 Å². The summed E-state index contributed by atoms with van der Waals surface area (Å²) in [5.74, 6) is 0. The zero-order chi connectivity index (χ0) is 37.0. The van der Waals surface area contributed by atoms with Crippen LogP contribution in [0.2, 0.25) is 0 Å². The number of benzene rings is 10. The highest BCUT2D eigenvalue weighted by atomic mass is 16.3. The van der Waals surface area contributed by atoms with Gasteiger partial charge in [-0.1, -0.05) is 164 Å². The standard InChI is InChI=1S/C54H35NO/c1-3-13-45-39(10-1)12-9-18-46(45)40-26-31-44(32-27-40)55(52-35-42-11-2-4-14-47(42)48-15-5-6-16-49(48)52)43-29-24-37(25-30-43)36-20-22-38(23-21-36)41-28-33-54-51(34-41)50-17-7-8-19-53(50)56-54/h1-35H. The predicted octanol–water partition coefficient (Wildman–Crippen LogP) is 15.5. The maximum absolute atomic E-state index is 6.08. The lowest BCUT2D eigenvalue weighted by atomic mass is 9.97. The number of nitrogens with zero attached hydrogens (tertiary/aromatic N) is 1. The van der Waals surface area contributed by atoms with E-state index in [2.05, 4.69) is 205 Å². The molecule has 0 atom stereocenters. The molecule has 1 heterocycles. The van der Waals surface area contributed by atoms with Crippen LogP contribution in [0.5, 0.6) is 0 Å². The van der Waals surface area contributed by atoms with Crippen molar-refractivity contribution in [2.75, 3.05) is 4.90 Å². The summed E-state index contributed by atoms with van der Waals surface area (Å²) in [7, 11) is 0. The molecule has 0 aliphatic heterocycles. The van der Waals surface area contributed by atoms with Crippen LogP contribution in [0.15, 0.2) is 217 Å². The topological polar surface area (TPSA) is 16.4 Å². The Balaban J connectivity index is 0.983. The molecule has 56 heavy (non-hydrogen) atoms. The van der Waals surface area contributed by atoms with Gasteiger partial charge in [-0.3, -0.25) is 0 Å². The normalized spacial score (nSPS) is 11.6. The largest absolute Gasteiger partial charge is 0.456 e. The second kappa shape index (κ2) is 13.2. The number of furan rings is 1. The van der Waals surface area contributed by atoms with E-state index in [-0.39, 0.29) is 0 Å². The van der Waals surface area contributed by atoms with Gasteiger partial charge in [-0.15, -0.1) is 0 Å². The van der Waals surface area contributed by atoms with E-state index in [1.807, 2.05) is 12.1 Å². The zero-order valence-corrected chi connectivity index (χ0v) is 30.6. The minimum absolute atomic E-state index is 0.915. The first-order valence-electron chi connectivity index (χ1n) is 19.2. The van der Waals surface area contributed by atoms with Crippen LogP contribution in [-0.4, -0.2) is 0 Å². The molecule has 0 aliphatic rings. The van der Waals surface area contributed by atoms with Crippen molar-refractivity contribution < 1.29 is 4.42 Å². The van der Waals surface area contributed by atoms with Crippen molar-refractivity contribution in [3.8, 4) is 33.4 Å². The summed E-state index contributed by atoms with van der Waals surface area (Å²) in [6.07, 6.45) is 0. The quantitative estimate of drug-likeness (QED) is 0.160. The number of hydrogen-bond donors (Lipinski definition) is 0. The van der Waals surface area contributed by atoms with E-state index in [1.165, 1.54) is 65.7 Å². The van der Waals surface area contributed by atoms with Crippen LogP contribution in [0.1, 0.15) is 0 Å². The first kappa shape index (κ1) is 32.0. The zero-order valence-electron chi connectivity index (χ0n) is 30.6. The molecule has 0 saturated carbocycles. The maximum Gasteiger partial charge on any atom is 0.135 e. The van der Waals surface area contributed by atoms with Crippen LogP contribution in [0.3, 0.4) is 0 Å². The summed E-state index contributed by atoms with van der Waals surface area (Å²) in [5.41, 5.74) is 12.3. The number of rotatable bonds is 6. The summed E-state index contributed by atoms with van der Waals surface area (Å²) in [5, 5.41) is 9.73. The van der Waals surface area contributed by atoms with Crippen LogP contribution in [0.25, 0.3) is 87.6 Å². The summed E-state index contributed by atoms with van der Waals surface area (Å²) >= 11 is 0. The fourth-order valence-electron chi connectivity index (χ4n) is 8.48. The van der Waals surface area contributed by atoms with Crippen LogP contribution in [-0.2, 0) is 0 Å². The maximum atomic E-state index is 6.08. The van der Waals surface area contributed by atoms with Gasteiger partial charge in [0.05, 0.1) is 5.69 Å². The minimum atomic E-state index is 0.915. The molecule has 0 bridgehead atoms. The fraction of sp³-hybridized carbons (Fsp3) is 0. The van der Waals surface area contributed by atoms with Crippen molar-refractivity contribution in [1.29, 1.82) is 0 Å². The van der Waals surface area contributed by atoms with Crippen LogP contribution in [0.4, 0.5) is 17.1 Å². The molecule has 0 amide bonds. The second-order valence-electron chi connectivity index (χ2n) is 14.5. The highest BCUT2D eigenvalue weighted by molar-refractivity contribution is 6.14. The van der Waals surface area contributed by atoms with E-state index < -0.39 is 0 Å². The summed E-state index contributed by atoms with van der Waals surface area (Å²) < 4.78 is 6.08. The average Bonchev–Trinajstić information content (AvgIpc) is 3.65. The fourth-order valence-corrected chi connectivity index (χ4v) is 8.48. The Morgan fingerprint density at radius 2 is 0.786 bits per heavy atom. The Morgan fingerprint density at radius 3 is 1.52 bits per heavy atom. The van der Waals surface area contributed by atoms with Gasteiger partial charge in [0.2, 0.25) is 0 Å². The van der Waals surface area contributed by atoms with Crippen molar-refractivity contribution in [2.24, 2.45) is 0 Å². The molecule has 0 spiro atoms. The summed E-state index contributed by atoms with van der Waals surface area (Å²) in [6.45, 7) is 0. The molecule has 0 N–H and O–H groups in total. The second-order valence-corrected chi connectivity index (χ2v) is 14.5. The summed E-state index contributed by atoms with van der Waals surface area (Å²) in [4.78, 5) is 2.41. The van der Waals surface area contributed by atoms with Crippen molar-refractivity contribution in [3.05, 3.63) is 212 Å². The van der Waals surface area contributed by atoms with Gasteiger partial charge < -0.3 is 9.32 Å². The van der Waals surface area contributed by atoms with Crippen LogP contribution >= 0.6 is 0 Å². The third-order valence-corrected chi connectivity index (χ3v) is 11.3. The van der Waals surface area contributed by atoms with Gasteiger partial charge in [-0.25, -0.2) is 0 Å². The number of para-hydroxylation sites is 1. The Morgan fingerprint density at radius 1 is 0.286 bits per heavy atom. The monoisotopic (exact) mass is 713 g/mol. The Hall–Kier alpha value is -7.42. The molecule has 0 saturated heterocycles. The first-order valence-corrected chi connectivity index (χ1v) is 19.2. The minimum Gasteiger partial charge on any atom is -0.456 e. The van der Waals surface area contributed by atoms with Gasteiger partial charge in [0.15, 0.2) is 0 Å². The number of hydrogen-bond acceptors (Lipinski definition) is 2. The summed E-state index contributed by atoms with van der Waals surface area (Å²) in [6, 6.07) is 76.6. The third-order valence-electron chi connectivity index (χ3n) is 11.3. The van der Waals surface area contributed by atoms with Crippen LogP contribution < -0.4 is 4.90 Å². The van der Waals surface area contributed by atoms with E-state index in [1.54, 1.807) is 0 Å². The molecule has 0 unspecified atom stereocenters. The Kier molecular flexibility index (Phi) is 7.53. The first-order chi connectivity index (χ1) is 27.7. The Labute approximate surface area is 325 Å². The van der Waals surface area contributed by atoms with Crippen molar-refractivity contribution in [1.82, 2.24) is 0 Å². The van der Waals surface area contributed by atoms with Crippen molar-refractivity contribution in [2.45, 2.75) is 0 Å². The molecule has 11 rings (SSSR count). The van der Waals surface area contributed by atoms with Gasteiger partial charge in [-0.05, 0) is 109 Å². The predicted molar refractivity (Wildman–Crippen MR) is 237 cm³/mol. The van der Waals surface area contributed by atoms with Gasteiger partial charge in [0.25, 0.3) is 0 Å². The smallest absolute Gasteiger partial charge is 0.135 e.